The number of nitriles is 1. The molecule has 0 radical (unpaired) electrons. The van der Waals surface area contributed by atoms with Gasteiger partial charge in [0.2, 0.25) is 5.91 Å². The van der Waals surface area contributed by atoms with E-state index in [4.69, 9.17) is 14.7 Å². The summed E-state index contributed by atoms with van der Waals surface area (Å²) in [6, 6.07) is 5.89. The van der Waals surface area contributed by atoms with Gasteiger partial charge in [-0.25, -0.2) is 4.98 Å². The van der Waals surface area contributed by atoms with Crippen molar-refractivity contribution in [1.82, 2.24) is 9.88 Å². The number of amides is 1. The number of ether oxygens (including phenoxy) is 2. The molecule has 0 aliphatic carbocycles. The first kappa shape index (κ1) is 19.6. The molecule has 0 aromatic carbocycles. The van der Waals surface area contributed by atoms with Crippen LogP contribution in [0.2, 0.25) is 0 Å². The predicted molar refractivity (Wildman–Crippen MR) is 101 cm³/mol. The summed E-state index contributed by atoms with van der Waals surface area (Å²) < 4.78 is 10.9. The van der Waals surface area contributed by atoms with Crippen LogP contribution in [-0.2, 0) is 14.3 Å². The third-order valence-electron chi connectivity index (χ3n) is 5.60. The Bertz CT molecular complexity index is 665. The van der Waals surface area contributed by atoms with E-state index < -0.39 is 0 Å². The van der Waals surface area contributed by atoms with Crippen LogP contribution < -0.4 is 4.90 Å². The zero-order chi connectivity index (χ0) is 19.2. The van der Waals surface area contributed by atoms with Gasteiger partial charge in [0, 0.05) is 45.5 Å². The van der Waals surface area contributed by atoms with Gasteiger partial charge < -0.3 is 19.3 Å². The van der Waals surface area contributed by atoms with Crippen LogP contribution in [0.15, 0.2) is 18.3 Å². The molecule has 7 nitrogen and oxygen atoms in total. The molecule has 2 aliphatic heterocycles. The number of rotatable bonds is 6. The lowest BCUT2D eigenvalue weighted by atomic mass is 9.94. The number of nitrogens with zero attached hydrogens (tertiary/aromatic N) is 4. The maximum Gasteiger partial charge on any atom is 0.226 e. The number of pyridine rings is 1. The summed E-state index contributed by atoms with van der Waals surface area (Å²) in [5.74, 6) is 1.13. The molecule has 2 fully saturated rings. The minimum Gasteiger partial charge on any atom is -0.383 e. The quantitative estimate of drug-likeness (QED) is 0.758. The van der Waals surface area contributed by atoms with Gasteiger partial charge in [-0.2, -0.15) is 5.26 Å². The summed E-state index contributed by atoms with van der Waals surface area (Å²) in [7, 11) is 1.67. The highest BCUT2D eigenvalue weighted by molar-refractivity contribution is 5.79. The predicted octanol–water partition coefficient (Wildman–Crippen LogP) is 1.82. The summed E-state index contributed by atoms with van der Waals surface area (Å²) in [5, 5.41) is 8.89. The zero-order valence-corrected chi connectivity index (χ0v) is 16.1. The number of methoxy groups -OCH3 is 1. The molecule has 2 saturated heterocycles. The normalized spacial score (nSPS) is 23.2. The summed E-state index contributed by atoms with van der Waals surface area (Å²) in [5.41, 5.74) is 0.561. The first-order chi connectivity index (χ1) is 13.1. The SMILES string of the molecule is COCCN(C(=O)C1CCN(c2ccc(C#N)cn2)CC1)C1CCOC1C. The molecule has 2 aliphatic rings. The minimum atomic E-state index is 0.0317. The largest absolute Gasteiger partial charge is 0.383 e. The van der Waals surface area contributed by atoms with E-state index in [2.05, 4.69) is 16.0 Å². The number of carbonyl (C=O) groups is 1. The Morgan fingerprint density at radius 1 is 1.41 bits per heavy atom. The molecule has 27 heavy (non-hydrogen) atoms. The molecule has 7 heteroatoms. The van der Waals surface area contributed by atoms with Gasteiger partial charge in [0.15, 0.2) is 0 Å². The van der Waals surface area contributed by atoms with Crippen LogP contribution in [0.4, 0.5) is 5.82 Å². The van der Waals surface area contributed by atoms with Gasteiger partial charge in [-0.3, -0.25) is 4.79 Å². The molecule has 0 N–H and O–H groups in total. The van der Waals surface area contributed by atoms with Gasteiger partial charge in [0.25, 0.3) is 0 Å². The second-order valence-corrected chi connectivity index (χ2v) is 7.23. The standard InChI is InChI=1S/C20H28N4O3/c1-15-18(7-11-27-15)24(10-12-26-2)20(25)17-5-8-23(9-6-17)19-4-3-16(13-21)14-22-19/h3-4,14-15,17-18H,5-12H2,1-2H3. The third kappa shape index (κ3) is 4.57. The summed E-state index contributed by atoms with van der Waals surface area (Å²) >= 11 is 0. The fraction of sp³-hybridized carbons (Fsp3) is 0.650. The fourth-order valence-electron chi connectivity index (χ4n) is 3.99. The molecule has 2 atom stereocenters. The van der Waals surface area contributed by atoms with Crippen molar-refractivity contribution < 1.29 is 14.3 Å². The highest BCUT2D eigenvalue weighted by Crippen LogP contribution is 2.27. The molecule has 146 valence electrons. The number of anilines is 1. The van der Waals surface area contributed by atoms with Gasteiger partial charge in [0.1, 0.15) is 11.9 Å². The zero-order valence-electron chi connectivity index (χ0n) is 16.1. The molecular formula is C20H28N4O3. The number of aromatic nitrogens is 1. The van der Waals surface area contributed by atoms with Gasteiger partial charge in [0.05, 0.1) is 24.3 Å². The highest BCUT2D eigenvalue weighted by Gasteiger charge is 2.36. The van der Waals surface area contributed by atoms with Crippen molar-refractivity contribution in [1.29, 1.82) is 5.26 Å². The average molecular weight is 372 g/mol. The number of hydrogen-bond donors (Lipinski definition) is 0. The van der Waals surface area contributed by atoms with Gasteiger partial charge in [-0.15, -0.1) is 0 Å². The number of hydrogen-bond acceptors (Lipinski definition) is 6. The molecule has 3 heterocycles. The highest BCUT2D eigenvalue weighted by atomic mass is 16.5. The first-order valence-corrected chi connectivity index (χ1v) is 9.66. The van der Waals surface area contributed by atoms with Crippen molar-refractivity contribution in [2.45, 2.75) is 38.3 Å². The van der Waals surface area contributed by atoms with E-state index in [1.807, 2.05) is 17.9 Å². The van der Waals surface area contributed by atoms with Crippen molar-refractivity contribution in [2.24, 2.45) is 5.92 Å². The molecule has 0 saturated carbocycles. The van der Waals surface area contributed by atoms with Crippen molar-refractivity contribution in [3.05, 3.63) is 23.9 Å². The maximum absolute atomic E-state index is 13.2. The van der Waals surface area contributed by atoms with Crippen LogP contribution in [0.1, 0.15) is 31.7 Å². The van der Waals surface area contributed by atoms with E-state index in [1.54, 1.807) is 19.4 Å². The Morgan fingerprint density at radius 3 is 2.74 bits per heavy atom. The van der Waals surface area contributed by atoms with Crippen LogP contribution in [-0.4, -0.2) is 67.9 Å². The van der Waals surface area contributed by atoms with Crippen molar-refractivity contribution in [2.75, 3.05) is 44.9 Å². The third-order valence-corrected chi connectivity index (χ3v) is 5.60. The van der Waals surface area contributed by atoms with E-state index in [9.17, 15) is 4.79 Å². The lowest BCUT2D eigenvalue weighted by Crippen LogP contribution is -2.50. The molecule has 0 spiro atoms. The molecule has 2 unspecified atom stereocenters. The topological polar surface area (TPSA) is 78.7 Å². The van der Waals surface area contributed by atoms with E-state index >= 15 is 0 Å². The fourth-order valence-corrected chi connectivity index (χ4v) is 3.99. The van der Waals surface area contributed by atoms with Crippen molar-refractivity contribution in [3.63, 3.8) is 0 Å². The lowest BCUT2D eigenvalue weighted by molar-refractivity contribution is -0.140. The maximum atomic E-state index is 13.2. The monoisotopic (exact) mass is 372 g/mol. The second-order valence-electron chi connectivity index (χ2n) is 7.23. The van der Waals surface area contributed by atoms with Crippen LogP contribution in [0.5, 0.6) is 0 Å². The molecule has 3 rings (SSSR count). The average Bonchev–Trinajstić information content (AvgIpc) is 3.14. The van der Waals surface area contributed by atoms with Crippen molar-refractivity contribution in [3.8, 4) is 6.07 Å². The molecule has 1 amide bonds. The molecule has 0 bridgehead atoms. The smallest absolute Gasteiger partial charge is 0.226 e. The molecule has 1 aromatic rings. The Morgan fingerprint density at radius 2 is 2.19 bits per heavy atom. The summed E-state index contributed by atoms with van der Waals surface area (Å²) in [6.45, 7) is 5.51. The van der Waals surface area contributed by atoms with Crippen LogP contribution >= 0.6 is 0 Å². The van der Waals surface area contributed by atoms with E-state index in [0.717, 1.165) is 38.2 Å². The molecular weight excluding hydrogens is 344 g/mol. The van der Waals surface area contributed by atoms with Crippen molar-refractivity contribution >= 4 is 11.7 Å². The Hall–Kier alpha value is -2.17. The van der Waals surface area contributed by atoms with Gasteiger partial charge in [-0.1, -0.05) is 0 Å². The Kier molecular flexibility index (Phi) is 6.64. The molecule has 1 aromatic heterocycles. The Labute approximate surface area is 160 Å². The minimum absolute atomic E-state index is 0.0317. The van der Waals surface area contributed by atoms with E-state index in [0.29, 0.717) is 25.3 Å². The number of carbonyl (C=O) groups excluding carboxylic acids is 1. The summed E-state index contributed by atoms with van der Waals surface area (Å²) in [4.78, 5) is 21.7. The Balaban J connectivity index is 1.60. The van der Waals surface area contributed by atoms with Crippen LogP contribution in [0.25, 0.3) is 0 Å². The van der Waals surface area contributed by atoms with E-state index in [-0.39, 0.29) is 24.0 Å². The van der Waals surface area contributed by atoms with E-state index in [1.165, 1.54) is 0 Å². The van der Waals surface area contributed by atoms with Crippen LogP contribution in [0.3, 0.4) is 0 Å². The van der Waals surface area contributed by atoms with Gasteiger partial charge in [-0.05, 0) is 38.3 Å². The lowest BCUT2D eigenvalue weighted by Gasteiger charge is -2.37. The second kappa shape index (κ2) is 9.16. The summed E-state index contributed by atoms with van der Waals surface area (Å²) in [6.07, 6.45) is 4.19. The van der Waals surface area contributed by atoms with Gasteiger partial charge >= 0.3 is 0 Å². The number of piperidine rings is 1. The van der Waals surface area contributed by atoms with Crippen LogP contribution in [0, 0.1) is 17.2 Å². The first-order valence-electron chi connectivity index (χ1n) is 9.66.